The Bertz CT molecular complexity index is 918. The second-order valence-electron chi connectivity index (χ2n) is 5.69. The van der Waals surface area contributed by atoms with Crippen molar-refractivity contribution in [2.45, 2.75) is 28.5 Å². The largest absolute Gasteiger partial charge is 0.478 e. The molecule has 150 valence electrons. The first-order valence-corrected chi connectivity index (χ1v) is 9.01. The Kier molecular flexibility index (Phi) is 6.55. The van der Waals surface area contributed by atoms with Gasteiger partial charge in [-0.1, -0.05) is 35.0 Å². The van der Waals surface area contributed by atoms with E-state index >= 15 is 0 Å². The molecule has 1 amide bonds. The minimum atomic E-state index is -5.18. The third-order valence-corrected chi connectivity index (χ3v) is 5.68. The molecule has 1 atom stereocenters. The van der Waals surface area contributed by atoms with Gasteiger partial charge in [0.1, 0.15) is 0 Å². The van der Waals surface area contributed by atoms with Gasteiger partial charge in [0.15, 0.2) is 0 Å². The molecule has 2 aromatic rings. The van der Waals surface area contributed by atoms with E-state index in [2.05, 4.69) is 0 Å². The Balaban J connectivity index is 2.23. The van der Waals surface area contributed by atoms with Crippen LogP contribution in [0.15, 0.2) is 46.2 Å². The summed E-state index contributed by atoms with van der Waals surface area (Å²) in [5.41, 5.74) is -3.71. The second-order valence-corrected chi connectivity index (χ2v) is 7.57. The molecule has 0 fully saturated rings. The predicted octanol–water partition coefficient (Wildman–Crippen LogP) is 5.09. The van der Waals surface area contributed by atoms with E-state index in [1.54, 1.807) is 12.1 Å². The number of carbonyl (C=O) groups is 2. The number of benzene rings is 2. The molecule has 0 unspecified atom stereocenters. The smallest absolute Gasteiger partial charge is 0.426 e. The molecule has 0 heterocycles. The lowest BCUT2D eigenvalue weighted by molar-refractivity contribution is -0.242. The van der Waals surface area contributed by atoms with Gasteiger partial charge in [-0.05, 0) is 43.3 Å². The number of anilines is 1. The summed E-state index contributed by atoms with van der Waals surface area (Å²) < 4.78 is 38.2. The number of aliphatic hydroxyl groups is 1. The number of carbonyl (C=O) groups excluding carboxylic acids is 1. The van der Waals surface area contributed by atoms with E-state index in [4.69, 9.17) is 28.3 Å². The molecule has 0 aliphatic carbocycles. The van der Waals surface area contributed by atoms with Crippen molar-refractivity contribution in [3.63, 3.8) is 0 Å². The standard InChI is InChI=1S/C17H12Cl2F3NO4S/c1-16(27,17(20,21)22)15(26)23-10-6-7-11(13(19)12(10)18)28-9-4-2-8(3-5-9)14(24)25/h2-7,27H,1H3,(H,23,26)(H,24,25)/t16-/m1/s1. The Morgan fingerprint density at radius 3 is 2.11 bits per heavy atom. The Labute approximate surface area is 171 Å². The number of amides is 1. The monoisotopic (exact) mass is 453 g/mol. The second kappa shape index (κ2) is 8.20. The van der Waals surface area contributed by atoms with Gasteiger partial charge in [0.2, 0.25) is 5.60 Å². The summed E-state index contributed by atoms with van der Waals surface area (Å²) in [6.45, 7) is 0.322. The number of nitrogens with one attached hydrogen (secondary N) is 1. The van der Waals surface area contributed by atoms with Crippen LogP contribution < -0.4 is 5.32 Å². The van der Waals surface area contributed by atoms with Crippen molar-refractivity contribution in [3.8, 4) is 0 Å². The van der Waals surface area contributed by atoms with Gasteiger partial charge in [-0.25, -0.2) is 4.79 Å². The van der Waals surface area contributed by atoms with Gasteiger partial charge in [-0.3, -0.25) is 4.79 Å². The van der Waals surface area contributed by atoms with E-state index in [1.165, 1.54) is 24.3 Å². The Hall–Kier alpha value is -1.94. The van der Waals surface area contributed by atoms with Crippen molar-refractivity contribution in [1.29, 1.82) is 0 Å². The molecule has 0 spiro atoms. The summed E-state index contributed by atoms with van der Waals surface area (Å²) in [7, 11) is 0. The molecule has 3 N–H and O–H groups in total. The molecular formula is C17H12Cl2F3NO4S. The molecule has 0 saturated carbocycles. The fourth-order valence-electron chi connectivity index (χ4n) is 1.87. The van der Waals surface area contributed by atoms with Crippen molar-refractivity contribution in [2.24, 2.45) is 0 Å². The average Bonchev–Trinajstić information content (AvgIpc) is 2.60. The number of carboxylic acids is 1. The van der Waals surface area contributed by atoms with Crippen molar-refractivity contribution in [2.75, 3.05) is 5.32 Å². The molecule has 2 aromatic carbocycles. The molecule has 0 aromatic heterocycles. The van der Waals surface area contributed by atoms with Crippen LogP contribution in [0.2, 0.25) is 10.0 Å². The third-order valence-electron chi connectivity index (χ3n) is 3.62. The van der Waals surface area contributed by atoms with Crippen LogP contribution >= 0.6 is 35.0 Å². The number of carboxylic acid groups (broad SMARTS) is 1. The third kappa shape index (κ3) is 4.72. The number of halogens is 5. The van der Waals surface area contributed by atoms with Gasteiger partial charge >= 0.3 is 12.1 Å². The highest BCUT2D eigenvalue weighted by molar-refractivity contribution is 7.99. The predicted molar refractivity (Wildman–Crippen MR) is 99.3 cm³/mol. The van der Waals surface area contributed by atoms with Gasteiger partial charge in [0.25, 0.3) is 5.91 Å². The number of hydrogen-bond donors (Lipinski definition) is 3. The van der Waals surface area contributed by atoms with Crippen LogP contribution in [0.3, 0.4) is 0 Å². The number of aromatic carboxylic acids is 1. The molecule has 0 bridgehead atoms. The first-order valence-electron chi connectivity index (χ1n) is 7.44. The minimum Gasteiger partial charge on any atom is -0.478 e. The topological polar surface area (TPSA) is 86.6 Å². The zero-order valence-electron chi connectivity index (χ0n) is 14.0. The number of rotatable bonds is 5. The van der Waals surface area contributed by atoms with Gasteiger partial charge in [-0.2, -0.15) is 13.2 Å². The van der Waals surface area contributed by atoms with Crippen molar-refractivity contribution >= 4 is 52.5 Å². The molecule has 0 aliphatic heterocycles. The van der Waals surface area contributed by atoms with E-state index in [1.807, 2.05) is 5.32 Å². The Morgan fingerprint density at radius 1 is 1.04 bits per heavy atom. The normalized spacial score (nSPS) is 13.7. The summed E-state index contributed by atoms with van der Waals surface area (Å²) in [5, 5.41) is 20.0. The van der Waals surface area contributed by atoms with Gasteiger partial charge in [0.05, 0.1) is 21.3 Å². The maximum atomic E-state index is 12.7. The molecule has 28 heavy (non-hydrogen) atoms. The highest BCUT2D eigenvalue weighted by Crippen LogP contribution is 2.41. The van der Waals surface area contributed by atoms with Gasteiger partial charge < -0.3 is 15.5 Å². The van der Waals surface area contributed by atoms with Crippen LogP contribution in [0.1, 0.15) is 17.3 Å². The lowest BCUT2D eigenvalue weighted by Gasteiger charge is -2.25. The molecule has 0 radical (unpaired) electrons. The lowest BCUT2D eigenvalue weighted by atomic mass is 10.1. The summed E-state index contributed by atoms with van der Waals surface area (Å²) in [6.07, 6.45) is -5.18. The van der Waals surface area contributed by atoms with E-state index in [-0.39, 0.29) is 21.3 Å². The maximum absolute atomic E-state index is 12.7. The summed E-state index contributed by atoms with van der Waals surface area (Å²) >= 11 is 13.3. The summed E-state index contributed by atoms with van der Waals surface area (Å²) in [5.74, 6) is -2.78. The van der Waals surface area contributed by atoms with Crippen LogP contribution in [0.5, 0.6) is 0 Å². The van der Waals surface area contributed by atoms with Crippen molar-refractivity contribution < 1.29 is 33.0 Å². The SMILES string of the molecule is C[C@@](O)(C(=O)Nc1ccc(Sc2ccc(C(=O)O)cc2)c(Cl)c1Cl)C(F)(F)F. The zero-order valence-corrected chi connectivity index (χ0v) is 16.3. The van der Waals surface area contributed by atoms with E-state index in [9.17, 15) is 27.9 Å². The lowest BCUT2D eigenvalue weighted by Crippen LogP contribution is -2.52. The number of hydrogen-bond acceptors (Lipinski definition) is 4. The molecule has 11 heteroatoms. The van der Waals surface area contributed by atoms with E-state index in [0.717, 1.165) is 11.8 Å². The van der Waals surface area contributed by atoms with Gasteiger partial charge in [0, 0.05) is 9.79 Å². The highest BCUT2D eigenvalue weighted by atomic mass is 35.5. The van der Waals surface area contributed by atoms with E-state index in [0.29, 0.717) is 16.7 Å². The minimum absolute atomic E-state index is 0.0292. The highest BCUT2D eigenvalue weighted by Gasteiger charge is 2.55. The van der Waals surface area contributed by atoms with Crippen LogP contribution in [0.4, 0.5) is 18.9 Å². The average molecular weight is 454 g/mol. The molecule has 2 rings (SSSR count). The van der Waals surface area contributed by atoms with E-state index < -0.39 is 23.7 Å². The fourth-order valence-corrected chi connectivity index (χ4v) is 3.27. The van der Waals surface area contributed by atoms with Crippen LogP contribution in [-0.4, -0.2) is 33.9 Å². The van der Waals surface area contributed by atoms with Crippen LogP contribution in [0.25, 0.3) is 0 Å². The molecule has 0 aliphatic rings. The first kappa shape index (κ1) is 22.4. The molecule has 5 nitrogen and oxygen atoms in total. The van der Waals surface area contributed by atoms with Crippen LogP contribution in [0, 0.1) is 0 Å². The Morgan fingerprint density at radius 2 is 1.61 bits per heavy atom. The quantitative estimate of drug-likeness (QED) is 0.586. The van der Waals surface area contributed by atoms with Gasteiger partial charge in [-0.15, -0.1) is 0 Å². The summed E-state index contributed by atoms with van der Waals surface area (Å²) in [4.78, 5) is 23.7. The fraction of sp³-hybridized carbons (Fsp3) is 0.176. The molecular weight excluding hydrogens is 442 g/mol. The zero-order chi connectivity index (χ0) is 21.3. The van der Waals surface area contributed by atoms with Crippen molar-refractivity contribution in [3.05, 3.63) is 52.0 Å². The van der Waals surface area contributed by atoms with Crippen molar-refractivity contribution in [1.82, 2.24) is 0 Å². The number of alkyl halides is 3. The summed E-state index contributed by atoms with van der Waals surface area (Å²) in [6, 6.07) is 8.56. The van der Waals surface area contributed by atoms with Crippen LogP contribution in [-0.2, 0) is 4.79 Å². The first-order chi connectivity index (χ1) is 12.8. The maximum Gasteiger partial charge on any atom is 0.426 e. The molecule has 0 saturated heterocycles.